The summed E-state index contributed by atoms with van der Waals surface area (Å²) < 4.78 is 5.32. The van der Waals surface area contributed by atoms with Crippen LogP contribution in [0.3, 0.4) is 0 Å². The summed E-state index contributed by atoms with van der Waals surface area (Å²) in [6, 6.07) is 5.36. The molecule has 1 saturated carbocycles. The molecule has 0 amide bonds. The van der Waals surface area contributed by atoms with E-state index in [-0.39, 0.29) is 11.1 Å². The van der Waals surface area contributed by atoms with Gasteiger partial charge in [-0.15, -0.1) is 0 Å². The molecule has 116 valence electrons. The van der Waals surface area contributed by atoms with Gasteiger partial charge in [-0.25, -0.2) is 9.59 Å². The monoisotopic (exact) mass is 304 g/mol. The maximum Gasteiger partial charge on any atom is 0.339 e. The Kier molecular flexibility index (Phi) is 4.70. The fraction of sp³-hybridized carbons (Fsp3) is 0.375. The molecule has 22 heavy (non-hydrogen) atoms. The highest BCUT2D eigenvalue weighted by atomic mass is 16.6. The minimum Gasteiger partial charge on any atom is -0.478 e. The smallest absolute Gasteiger partial charge is 0.339 e. The first kappa shape index (κ1) is 15.9. The molecular formula is C16H16O6. The Morgan fingerprint density at radius 2 is 1.95 bits per heavy atom. The molecule has 0 radical (unpaired) electrons. The molecule has 1 N–H and O–H groups in total. The van der Waals surface area contributed by atoms with E-state index in [1.807, 2.05) is 0 Å². The van der Waals surface area contributed by atoms with E-state index in [0.29, 0.717) is 31.8 Å². The molecule has 0 spiro atoms. The zero-order valence-electron chi connectivity index (χ0n) is 11.9. The van der Waals surface area contributed by atoms with Crippen LogP contribution in [-0.4, -0.2) is 35.2 Å². The number of carbonyl (C=O) groups excluding carboxylic acids is 3. The molecule has 6 nitrogen and oxygen atoms in total. The molecule has 1 aliphatic carbocycles. The normalized spacial score (nSPS) is 24.3. The van der Waals surface area contributed by atoms with Gasteiger partial charge in [0.15, 0.2) is 11.9 Å². The number of aromatic carboxylic acids is 1. The van der Waals surface area contributed by atoms with Gasteiger partial charge in [-0.2, -0.15) is 0 Å². The van der Waals surface area contributed by atoms with E-state index in [4.69, 9.17) is 9.84 Å². The Balaban J connectivity index is 2.25. The number of carboxylic acids is 1. The van der Waals surface area contributed by atoms with Crippen LogP contribution in [0.25, 0.3) is 0 Å². The predicted octanol–water partition coefficient (Wildman–Crippen LogP) is 1.87. The summed E-state index contributed by atoms with van der Waals surface area (Å²) in [7, 11) is 0. The van der Waals surface area contributed by atoms with E-state index in [0.717, 1.165) is 6.42 Å². The molecule has 1 aliphatic rings. The van der Waals surface area contributed by atoms with E-state index in [2.05, 4.69) is 0 Å². The molecule has 0 heterocycles. The van der Waals surface area contributed by atoms with Gasteiger partial charge in [0, 0.05) is 0 Å². The minimum absolute atomic E-state index is 0.0383. The van der Waals surface area contributed by atoms with Crippen LogP contribution in [0.2, 0.25) is 0 Å². The number of carboxylic acid groups (broad SMARTS) is 1. The number of hydrogen-bond donors (Lipinski definition) is 1. The summed E-state index contributed by atoms with van der Waals surface area (Å²) >= 11 is 0. The van der Waals surface area contributed by atoms with Gasteiger partial charge >= 0.3 is 11.9 Å². The lowest BCUT2D eigenvalue weighted by molar-refractivity contribution is -0.141. The van der Waals surface area contributed by atoms with Crippen LogP contribution in [0, 0.1) is 5.92 Å². The molecule has 0 saturated heterocycles. The number of ether oxygens (including phenoxy) is 1. The summed E-state index contributed by atoms with van der Waals surface area (Å²) in [6.45, 7) is 0. The van der Waals surface area contributed by atoms with Crippen LogP contribution in [0.1, 0.15) is 46.4 Å². The summed E-state index contributed by atoms with van der Waals surface area (Å²) in [5.41, 5.74) is -1.46. The zero-order valence-corrected chi connectivity index (χ0v) is 11.9. The topological polar surface area (TPSA) is 97.7 Å². The molecule has 2 unspecified atom stereocenters. The number of esters is 1. The van der Waals surface area contributed by atoms with Crippen molar-refractivity contribution >= 4 is 24.5 Å². The van der Waals surface area contributed by atoms with E-state index in [1.54, 1.807) is 0 Å². The van der Waals surface area contributed by atoms with Gasteiger partial charge in [0.1, 0.15) is 6.29 Å². The highest BCUT2D eigenvalue weighted by molar-refractivity contribution is 5.95. The lowest BCUT2D eigenvalue weighted by atomic mass is 9.77. The van der Waals surface area contributed by atoms with Crippen molar-refractivity contribution in [1.82, 2.24) is 0 Å². The first-order valence-corrected chi connectivity index (χ1v) is 7.01. The maximum absolute atomic E-state index is 12.2. The number of hydrogen-bond acceptors (Lipinski definition) is 5. The largest absolute Gasteiger partial charge is 0.478 e. The molecule has 0 aliphatic heterocycles. The van der Waals surface area contributed by atoms with Crippen molar-refractivity contribution in [2.75, 3.05) is 0 Å². The van der Waals surface area contributed by atoms with E-state index in [1.165, 1.54) is 24.3 Å². The van der Waals surface area contributed by atoms with Crippen LogP contribution in [0.15, 0.2) is 24.3 Å². The molecule has 1 aromatic rings. The molecule has 6 heteroatoms. The van der Waals surface area contributed by atoms with Crippen molar-refractivity contribution < 1.29 is 29.0 Å². The Labute approximate surface area is 127 Å². The summed E-state index contributed by atoms with van der Waals surface area (Å²) in [5, 5.41) is 8.93. The van der Waals surface area contributed by atoms with Gasteiger partial charge in [-0.05, 0) is 37.5 Å². The first-order valence-electron chi connectivity index (χ1n) is 7.01. The third-order valence-corrected chi connectivity index (χ3v) is 3.95. The SMILES string of the molecule is O=CC1CCCCC1(C=O)OC(=O)c1cccc(C(=O)O)c1. The summed E-state index contributed by atoms with van der Waals surface area (Å²) in [4.78, 5) is 45.8. The predicted molar refractivity (Wildman–Crippen MR) is 75.6 cm³/mol. The van der Waals surface area contributed by atoms with Crippen molar-refractivity contribution in [3.63, 3.8) is 0 Å². The highest BCUT2D eigenvalue weighted by Crippen LogP contribution is 2.35. The van der Waals surface area contributed by atoms with Crippen molar-refractivity contribution in [2.24, 2.45) is 5.92 Å². The van der Waals surface area contributed by atoms with Crippen LogP contribution < -0.4 is 0 Å². The highest BCUT2D eigenvalue weighted by Gasteiger charge is 2.44. The van der Waals surface area contributed by atoms with Crippen molar-refractivity contribution in [2.45, 2.75) is 31.3 Å². The maximum atomic E-state index is 12.2. The Morgan fingerprint density at radius 3 is 2.59 bits per heavy atom. The Bertz CT molecular complexity index is 608. The molecule has 0 aromatic heterocycles. The van der Waals surface area contributed by atoms with Crippen LogP contribution in [0.4, 0.5) is 0 Å². The van der Waals surface area contributed by atoms with Crippen molar-refractivity contribution in [1.29, 1.82) is 0 Å². The third kappa shape index (κ3) is 3.05. The standard InChI is InChI=1S/C16H16O6/c17-9-13-6-1-2-7-16(13,10-18)22-15(21)12-5-3-4-11(8-12)14(19)20/h3-5,8-10,13H,1-2,6-7H2,(H,19,20). The van der Waals surface area contributed by atoms with Gasteiger partial charge in [0.2, 0.25) is 0 Å². The second kappa shape index (κ2) is 6.51. The lowest BCUT2D eigenvalue weighted by Crippen LogP contribution is -2.47. The minimum atomic E-state index is -1.45. The second-order valence-corrected chi connectivity index (χ2v) is 5.34. The van der Waals surface area contributed by atoms with Gasteiger partial charge in [0.25, 0.3) is 0 Å². The number of rotatable bonds is 5. The molecule has 0 bridgehead atoms. The number of carbonyl (C=O) groups is 4. The molecule has 2 atom stereocenters. The third-order valence-electron chi connectivity index (χ3n) is 3.95. The second-order valence-electron chi connectivity index (χ2n) is 5.34. The van der Waals surface area contributed by atoms with Crippen molar-refractivity contribution in [3.05, 3.63) is 35.4 Å². The van der Waals surface area contributed by atoms with Gasteiger partial charge < -0.3 is 14.6 Å². The van der Waals surface area contributed by atoms with Crippen molar-refractivity contribution in [3.8, 4) is 0 Å². The summed E-state index contributed by atoms with van der Waals surface area (Å²) in [5.74, 6) is -2.63. The average molecular weight is 304 g/mol. The van der Waals surface area contributed by atoms with Crippen LogP contribution in [0.5, 0.6) is 0 Å². The zero-order chi connectivity index (χ0) is 16.2. The number of benzene rings is 1. The van der Waals surface area contributed by atoms with Gasteiger partial charge in [-0.1, -0.05) is 12.5 Å². The average Bonchev–Trinajstić information content (AvgIpc) is 2.55. The van der Waals surface area contributed by atoms with Crippen LogP contribution >= 0.6 is 0 Å². The quantitative estimate of drug-likeness (QED) is 0.658. The fourth-order valence-corrected chi connectivity index (χ4v) is 2.69. The Morgan fingerprint density at radius 1 is 1.23 bits per heavy atom. The molecular weight excluding hydrogens is 288 g/mol. The first-order chi connectivity index (χ1) is 10.5. The lowest BCUT2D eigenvalue weighted by Gasteiger charge is -2.36. The number of aldehydes is 2. The molecule has 2 rings (SSSR count). The van der Waals surface area contributed by atoms with E-state index < -0.39 is 23.5 Å². The Hall–Kier alpha value is -2.50. The fourth-order valence-electron chi connectivity index (χ4n) is 2.69. The van der Waals surface area contributed by atoms with Gasteiger partial charge in [-0.3, -0.25) is 4.79 Å². The van der Waals surface area contributed by atoms with Crippen LogP contribution in [-0.2, 0) is 14.3 Å². The van der Waals surface area contributed by atoms with E-state index in [9.17, 15) is 19.2 Å². The van der Waals surface area contributed by atoms with E-state index >= 15 is 0 Å². The molecule has 1 fully saturated rings. The summed E-state index contributed by atoms with van der Waals surface area (Å²) in [6.07, 6.45) is 3.43. The van der Waals surface area contributed by atoms with Gasteiger partial charge in [0.05, 0.1) is 17.0 Å². The molecule has 1 aromatic carbocycles.